The molecule has 0 aliphatic rings. The Balaban J connectivity index is 1.91. The Bertz CT molecular complexity index is 852. The number of hydrogen-bond donors (Lipinski definition) is 2. The number of ether oxygens (including phenoxy) is 2. The van der Waals surface area contributed by atoms with E-state index >= 15 is 0 Å². The van der Waals surface area contributed by atoms with Gasteiger partial charge in [0.25, 0.3) is 11.8 Å². The predicted molar refractivity (Wildman–Crippen MR) is 113 cm³/mol. The van der Waals surface area contributed by atoms with Gasteiger partial charge in [0.15, 0.2) is 6.61 Å². The fraction of sp³-hybridized carbons (Fsp3) is 0.348. The van der Waals surface area contributed by atoms with Crippen molar-refractivity contribution < 1.29 is 23.9 Å². The molecule has 0 radical (unpaired) electrons. The number of nitrogens with one attached hydrogen (secondary N) is 2. The first-order chi connectivity index (χ1) is 14.4. The fourth-order valence-corrected chi connectivity index (χ4v) is 2.73. The molecule has 2 amide bonds. The Morgan fingerprint density at radius 3 is 2.30 bits per heavy atom. The molecule has 160 valence electrons. The third-order valence-corrected chi connectivity index (χ3v) is 4.32. The van der Waals surface area contributed by atoms with Crippen LogP contribution in [0.2, 0.25) is 0 Å². The van der Waals surface area contributed by atoms with E-state index in [9.17, 15) is 14.4 Å². The third kappa shape index (κ3) is 6.92. The quantitative estimate of drug-likeness (QED) is 0.585. The van der Waals surface area contributed by atoms with Gasteiger partial charge in [-0.3, -0.25) is 9.59 Å². The van der Waals surface area contributed by atoms with Gasteiger partial charge in [0.2, 0.25) is 0 Å². The van der Waals surface area contributed by atoms with Crippen LogP contribution in [-0.2, 0) is 20.9 Å². The fourth-order valence-electron chi connectivity index (χ4n) is 2.73. The maximum Gasteiger partial charge on any atom is 0.329 e. The Morgan fingerprint density at radius 2 is 1.63 bits per heavy atom. The summed E-state index contributed by atoms with van der Waals surface area (Å²) in [5.74, 6) is -1.31. The summed E-state index contributed by atoms with van der Waals surface area (Å²) in [6.07, 6.45) is 0. The zero-order chi connectivity index (χ0) is 21.9. The van der Waals surface area contributed by atoms with Gasteiger partial charge in [-0.05, 0) is 30.5 Å². The van der Waals surface area contributed by atoms with Crippen molar-refractivity contribution in [1.82, 2.24) is 10.6 Å². The molecule has 0 aliphatic heterocycles. The van der Waals surface area contributed by atoms with Crippen LogP contribution in [-0.4, -0.2) is 37.0 Å². The minimum Gasteiger partial charge on any atom is -0.493 e. The van der Waals surface area contributed by atoms with Gasteiger partial charge in [0.05, 0.1) is 12.2 Å². The molecule has 0 bridgehead atoms. The Morgan fingerprint density at radius 1 is 0.967 bits per heavy atom. The third-order valence-electron chi connectivity index (χ3n) is 4.32. The van der Waals surface area contributed by atoms with Gasteiger partial charge in [0.1, 0.15) is 11.8 Å². The Kier molecular flexibility index (Phi) is 8.87. The molecule has 0 saturated carbocycles. The van der Waals surface area contributed by atoms with E-state index in [2.05, 4.69) is 10.6 Å². The summed E-state index contributed by atoms with van der Waals surface area (Å²) < 4.78 is 10.6. The van der Waals surface area contributed by atoms with Gasteiger partial charge in [-0.1, -0.05) is 56.3 Å². The van der Waals surface area contributed by atoms with E-state index in [-0.39, 0.29) is 5.92 Å². The molecule has 0 saturated heterocycles. The lowest BCUT2D eigenvalue weighted by Gasteiger charge is -2.21. The number of hydrogen-bond acceptors (Lipinski definition) is 5. The number of rotatable bonds is 10. The molecule has 1 atom stereocenters. The number of para-hydroxylation sites is 1. The lowest BCUT2D eigenvalue weighted by molar-refractivity contribution is -0.151. The largest absolute Gasteiger partial charge is 0.493 e. The van der Waals surface area contributed by atoms with Crippen molar-refractivity contribution >= 4 is 17.8 Å². The van der Waals surface area contributed by atoms with Crippen LogP contribution in [0.1, 0.15) is 36.7 Å². The summed E-state index contributed by atoms with van der Waals surface area (Å²) in [6, 6.07) is 15.3. The molecule has 0 fully saturated rings. The second-order valence-corrected chi connectivity index (χ2v) is 6.99. The van der Waals surface area contributed by atoms with Crippen LogP contribution in [0.15, 0.2) is 54.6 Å². The lowest BCUT2D eigenvalue weighted by Crippen LogP contribution is -2.46. The van der Waals surface area contributed by atoms with E-state index in [0.717, 1.165) is 5.56 Å². The molecule has 7 nitrogen and oxygen atoms in total. The summed E-state index contributed by atoms with van der Waals surface area (Å²) >= 11 is 0. The van der Waals surface area contributed by atoms with E-state index in [1.165, 1.54) is 0 Å². The molecule has 0 aromatic heterocycles. The maximum atomic E-state index is 12.7. The van der Waals surface area contributed by atoms with Gasteiger partial charge < -0.3 is 20.1 Å². The van der Waals surface area contributed by atoms with Crippen molar-refractivity contribution in [2.75, 3.05) is 13.2 Å². The van der Waals surface area contributed by atoms with Gasteiger partial charge in [-0.2, -0.15) is 0 Å². The van der Waals surface area contributed by atoms with Crippen LogP contribution in [0.4, 0.5) is 0 Å². The first-order valence-electron chi connectivity index (χ1n) is 9.92. The molecule has 2 aromatic rings. The van der Waals surface area contributed by atoms with Crippen LogP contribution >= 0.6 is 0 Å². The minimum absolute atomic E-state index is 0.229. The summed E-state index contributed by atoms with van der Waals surface area (Å²) in [4.78, 5) is 37.2. The lowest BCUT2D eigenvalue weighted by atomic mass is 10.0. The first kappa shape index (κ1) is 22.9. The highest BCUT2D eigenvalue weighted by molar-refractivity contribution is 5.99. The summed E-state index contributed by atoms with van der Waals surface area (Å²) in [5.41, 5.74) is 1.27. The number of carbonyl (C=O) groups is 3. The van der Waals surface area contributed by atoms with Crippen molar-refractivity contribution in [3.63, 3.8) is 0 Å². The van der Waals surface area contributed by atoms with E-state index in [4.69, 9.17) is 9.47 Å². The standard InChI is InChI=1S/C23H28N2O5/c1-4-29-19-13-9-8-12-18(19)22(27)25-21(16(2)3)23(28)30-15-20(26)24-14-17-10-6-5-7-11-17/h5-13,16,21H,4,14-15H2,1-3H3,(H,24,26)(H,25,27)/t21-/m0/s1. The van der Waals surface area contributed by atoms with Crippen LogP contribution < -0.4 is 15.4 Å². The van der Waals surface area contributed by atoms with Crippen molar-refractivity contribution in [2.45, 2.75) is 33.4 Å². The number of benzene rings is 2. The average molecular weight is 412 g/mol. The SMILES string of the molecule is CCOc1ccccc1C(=O)N[C@H](C(=O)OCC(=O)NCc1ccccc1)C(C)C. The zero-order valence-electron chi connectivity index (χ0n) is 17.5. The summed E-state index contributed by atoms with van der Waals surface area (Å²) in [6.45, 7) is 5.74. The second-order valence-electron chi connectivity index (χ2n) is 6.99. The highest BCUT2D eigenvalue weighted by Gasteiger charge is 2.27. The van der Waals surface area contributed by atoms with Crippen LogP contribution in [0, 0.1) is 5.92 Å². The number of carbonyl (C=O) groups excluding carboxylic acids is 3. The van der Waals surface area contributed by atoms with E-state index < -0.39 is 30.4 Å². The molecule has 2 aromatic carbocycles. The van der Waals surface area contributed by atoms with Crippen molar-refractivity contribution in [3.8, 4) is 5.75 Å². The molecule has 0 unspecified atom stereocenters. The van der Waals surface area contributed by atoms with Crippen molar-refractivity contribution in [1.29, 1.82) is 0 Å². The molecule has 2 N–H and O–H groups in total. The Hall–Kier alpha value is -3.35. The molecule has 2 rings (SSSR count). The van der Waals surface area contributed by atoms with Gasteiger partial charge in [0, 0.05) is 6.54 Å². The smallest absolute Gasteiger partial charge is 0.329 e. The van der Waals surface area contributed by atoms with E-state index in [1.807, 2.05) is 37.3 Å². The van der Waals surface area contributed by atoms with E-state index in [0.29, 0.717) is 24.5 Å². The topological polar surface area (TPSA) is 93.7 Å². The zero-order valence-corrected chi connectivity index (χ0v) is 17.5. The normalized spacial score (nSPS) is 11.5. The summed E-state index contributed by atoms with van der Waals surface area (Å²) in [5, 5.41) is 5.38. The van der Waals surface area contributed by atoms with Crippen LogP contribution in [0.25, 0.3) is 0 Å². The highest BCUT2D eigenvalue weighted by Crippen LogP contribution is 2.18. The van der Waals surface area contributed by atoms with Gasteiger partial charge in [-0.15, -0.1) is 0 Å². The van der Waals surface area contributed by atoms with Crippen LogP contribution in [0.3, 0.4) is 0 Å². The van der Waals surface area contributed by atoms with Gasteiger partial charge in [-0.25, -0.2) is 4.79 Å². The molecule has 0 heterocycles. The minimum atomic E-state index is -0.894. The molecular weight excluding hydrogens is 384 g/mol. The second kappa shape index (κ2) is 11.6. The van der Waals surface area contributed by atoms with Crippen molar-refractivity contribution in [2.24, 2.45) is 5.92 Å². The number of esters is 1. The molecular formula is C23H28N2O5. The monoisotopic (exact) mass is 412 g/mol. The van der Waals surface area contributed by atoms with E-state index in [1.54, 1.807) is 38.1 Å². The van der Waals surface area contributed by atoms with Crippen molar-refractivity contribution in [3.05, 3.63) is 65.7 Å². The van der Waals surface area contributed by atoms with Gasteiger partial charge >= 0.3 is 5.97 Å². The Labute approximate surface area is 176 Å². The molecule has 7 heteroatoms. The molecule has 0 aliphatic carbocycles. The summed E-state index contributed by atoms with van der Waals surface area (Å²) in [7, 11) is 0. The maximum absolute atomic E-state index is 12.7. The first-order valence-corrected chi connectivity index (χ1v) is 9.92. The number of amides is 2. The highest BCUT2D eigenvalue weighted by atomic mass is 16.5. The van der Waals surface area contributed by atoms with Crippen LogP contribution in [0.5, 0.6) is 5.75 Å². The average Bonchev–Trinajstić information content (AvgIpc) is 2.75. The molecule has 30 heavy (non-hydrogen) atoms. The predicted octanol–water partition coefficient (Wildman–Crippen LogP) is 2.70. The molecule has 0 spiro atoms.